The molecule has 2 aromatic rings. The van der Waals surface area contributed by atoms with Crippen LogP contribution in [0.4, 0.5) is 4.79 Å². The van der Waals surface area contributed by atoms with Crippen LogP contribution in [0, 0.1) is 12.8 Å². The Labute approximate surface area is 178 Å². The Morgan fingerprint density at radius 3 is 2.47 bits per heavy atom. The van der Waals surface area contributed by atoms with Crippen molar-refractivity contribution in [3.05, 3.63) is 54.1 Å². The van der Waals surface area contributed by atoms with Crippen LogP contribution < -0.4 is 14.2 Å². The molecule has 1 heterocycles. The quantitative estimate of drug-likeness (QED) is 0.723. The summed E-state index contributed by atoms with van der Waals surface area (Å²) in [6.07, 6.45) is 1.06. The summed E-state index contributed by atoms with van der Waals surface area (Å²) in [5, 5.41) is 0. The molecule has 30 heavy (non-hydrogen) atoms. The first-order valence-corrected chi connectivity index (χ1v) is 11.6. The lowest BCUT2D eigenvalue weighted by atomic mass is 9.97. The molecule has 2 aromatic carbocycles. The van der Waals surface area contributed by atoms with Gasteiger partial charge in [0, 0.05) is 19.6 Å². The Morgan fingerprint density at radius 2 is 1.83 bits per heavy atom. The molecule has 0 spiro atoms. The molecule has 0 bridgehead atoms. The molecule has 0 aliphatic carbocycles. The first-order chi connectivity index (χ1) is 14.4. The Bertz CT molecular complexity index is 955. The molecule has 7 nitrogen and oxygen atoms in total. The number of nitrogens with one attached hydrogen (secondary N) is 1. The zero-order chi connectivity index (χ0) is 21.6. The summed E-state index contributed by atoms with van der Waals surface area (Å²) in [6.45, 7) is 5.67. The van der Waals surface area contributed by atoms with Crippen molar-refractivity contribution in [2.24, 2.45) is 5.92 Å². The molecule has 0 radical (unpaired) electrons. The van der Waals surface area contributed by atoms with Gasteiger partial charge in [-0.15, -0.1) is 0 Å². The molecule has 1 amide bonds. The molecular formula is C22H28N2O5S. The van der Waals surface area contributed by atoms with Crippen LogP contribution in [0.1, 0.15) is 25.3 Å². The second-order valence-corrected chi connectivity index (χ2v) is 9.09. The highest BCUT2D eigenvalue weighted by atomic mass is 32.2. The average molecular weight is 433 g/mol. The molecule has 0 aromatic heterocycles. The number of hydrogen-bond donors (Lipinski definition) is 1. The van der Waals surface area contributed by atoms with Crippen molar-refractivity contribution >= 4 is 16.1 Å². The van der Waals surface area contributed by atoms with E-state index in [-0.39, 0.29) is 16.9 Å². The van der Waals surface area contributed by atoms with Gasteiger partial charge in [0.15, 0.2) is 0 Å². The van der Waals surface area contributed by atoms with Gasteiger partial charge in [-0.3, -0.25) is 0 Å². The van der Waals surface area contributed by atoms with Crippen molar-refractivity contribution in [2.45, 2.75) is 31.6 Å². The molecule has 0 atom stereocenters. The van der Waals surface area contributed by atoms with Gasteiger partial charge in [0.25, 0.3) is 0 Å². The van der Waals surface area contributed by atoms with Crippen molar-refractivity contribution < 1.29 is 22.7 Å². The third-order valence-electron chi connectivity index (χ3n) is 5.14. The van der Waals surface area contributed by atoms with E-state index < -0.39 is 10.0 Å². The number of benzene rings is 2. The zero-order valence-corrected chi connectivity index (χ0v) is 18.2. The Hall–Kier alpha value is -2.58. The highest BCUT2D eigenvalue weighted by molar-refractivity contribution is 7.89. The van der Waals surface area contributed by atoms with E-state index in [1.54, 1.807) is 35.2 Å². The highest BCUT2D eigenvalue weighted by Crippen LogP contribution is 2.23. The molecule has 1 aliphatic heterocycles. The smallest absolute Gasteiger partial charge is 0.415 e. The van der Waals surface area contributed by atoms with Gasteiger partial charge in [-0.2, -0.15) is 0 Å². The third-order valence-corrected chi connectivity index (χ3v) is 6.56. The van der Waals surface area contributed by atoms with Crippen LogP contribution in [0.5, 0.6) is 11.5 Å². The maximum Gasteiger partial charge on any atom is 0.415 e. The minimum atomic E-state index is -3.60. The number of likely N-dealkylation sites (tertiary alicyclic amines) is 1. The first-order valence-electron chi connectivity index (χ1n) is 10.1. The number of nitrogens with zero attached hydrogens (tertiary/aromatic N) is 1. The maximum absolute atomic E-state index is 12.6. The second kappa shape index (κ2) is 9.95. The fraction of sp³-hybridized carbons (Fsp3) is 0.409. The van der Waals surface area contributed by atoms with E-state index in [1.165, 1.54) is 0 Å². The molecule has 0 saturated carbocycles. The van der Waals surface area contributed by atoms with E-state index in [1.807, 2.05) is 32.0 Å². The van der Waals surface area contributed by atoms with E-state index >= 15 is 0 Å². The van der Waals surface area contributed by atoms with Gasteiger partial charge in [-0.25, -0.2) is 17.9 Å². The maximum atomic E-state index is 12.6. The van der Waals surface area contributed by atoms with Gasteiger partial charge in [0.2, 0.25) is 10.0 Å². The van der Waals surface area contributed by atoms with E-state index in [0.717, 1.165) is 5.56 Å². The summed E-state index contributed by atoms with van der Waals surface area (Å²) in [5.41, 5.74) is 0.782. The molecule has 1 fully saturated rings. The highest BCUT2D eigenvalue weighted by Gasteiger charge is 2.25. The number of ether oxygens (including phenoxy) is 2. The zero-order valence-electron chi connectivity index (χ0n) is 17.3. The van der Waals surface area contributed by atoms with Crippen LogP contribution in [0.25, 0.3) is 0 Å². The van der Waals surface area contributed by atoms with Gasteiger partial charge in [0.1, 0.15) is 11.5 Å². The topological polar surface area (TPSA) is 84.9 Å². The summed E-state index contributed by atoms with van der Waals surface area (Å²) < 4.78 is 38.8. The monoisotopic (exact) mass is 432 g/mol. The minimum Gasteiger partial charge on any atom is -0.494 e. The number of sulfonamides is 1. The van der Waals surface area contributed by atoms with Crippen LogP contribution in [0.2, 0.25) is 0 Å². The normalized spacial score (nSPS) is 15.1. The lowest BCUT2D eigenvalue weighted by Crippen LogP contribution is -2.42. The first kappa shape index (κ1) is 22.1. The molecular weight excluding hydrogens is 404 g/mol. The second-order valence-electron chi connectivity index (χ2n) is 7.32. The van der Waals surface area contributed by atoms with Crippen LogP contribution in [0.15, 0.2) is 53.4 Å². The number of carbonyl (C=O) groups is 1. The van der Waals surface area contributed by atoms with Gasteiger partial charge in [-0.05, 0) is 68.5 Å². The molecule has 162 valence electrons. The summed E-state index contributed by atoms with van der Waals surface area (Å²) in [4.78, 5) is 14.2. The van der Waals surface area contributed by atoms with Crippen molar-refractivity contribution in [1.82, 2.24) is 9.62 Å². The predicted molar refractivity (Wildman–Crippen MR) is 114 cm³/mol. The lowest BCUT2D eigenvalue weighted by molar-refractivity contribution is 0.131. The standard InChI is InChI=1S/C22H28N2O5S/c1-3-28-21-10-9-20(15-17(21)2)30(26,27)23-16-18-11-13-24(14-12-18)22(25)29-19-7-5-4-6-8-19/h4-10,15,18,23H,3,11-14,16H2,1-2H3. The molecule has 3 rings (SSSR count). The molecule has 1 N–H and O–H groups in total. The summed E-state index contributed by atoms with van der Waals surface area (Å²) in [7, 11) is -3.60. The number of rotatable bonds is 7. The summed E-state index contributed by atoms with van der Waals surface area (Å²) in [5.74, 6) is 1.37. The fourth-order valence-corrected chi connectivity index (χ4v) is 4.59. The molecule has 0 unspecified atom stereocenters. The predicted octanol–water partition coefficient (Wildman–Crippen LogP) is 3.58. The van der Waals surface area contributed by atoms with Crippen molar-refractivity contribution in [2.75, 3.05) is 26.2 Å². The van der Waals surface area contributed by atoms with Crippen molar-refractivity contribution in [3.63, 3.8) is 0 Å². The Kier molecular flexibility index (Phi) is 7.33. The van der Waals surface area contributed by atoms with E-state index in [2.05, 4.69) is 4.72 Å². The van der Waals surface area contributed by atoms with E-state index in [4.69, 9.17) is 9.47 Å². The number of amides is 1. The van der Waals surface area contributed by atoms with Crippen molar-refractivity contribution in [1.29, 1.82) is 0 Å². The average Bonchev–Trinajstić information content (AvgIpc) is 2.75. The minimum absolute atomic E-state index is 0.171. The lowest BCUT2D eigenvalue weighted by Gasteiger charge is -2.31. The van der Waals surface area contributed by atoms with Crippen molar-refractivity contribution in [3.8, 4) is 11.5 Å². The number of aryl methyl sites for hydroxylation is 1. The van der Waals surface area contributed by atoms with Crippen LogP contribution in [0.3, 0.4) is 0 Å². The molecule has 1 aliphatic rings. The molecule has 1 saturated heterocycles. The molecule has 8 heteroatoms. The number of piperidine rings is 1. The van der Waals surface area contributed by atoms with Gasteiger partial charge in [-0.1, -0.05) is 18.2 Å². The van der Waals surface area contributed by atoms with Gasteiger partial charge >= 0.3 is 6.09 Å². The summed E-state index contributed by atoms with van der Waals surface area (Å²) >= 11 is 0. The van der Waals surface area contributed by atoms with E-state index in [9.17, 15) is 13.2 Å². The van der Waals surface area contributed by atoms with Crippen LogP contribution in [-0.2, 0) is 10.0 Å². The SMILES string of the molecule is CCOc1ccc(S(=O)(=O)NCC2CCN(C(=O)Oc3ccccc3)CC2)cc1C. The number of hydrogen-bond acceptors (Lipinski definition) is 5. The summed E-state index contributed by atoms with van der Waals surface area (Å²) in [6, 6.07) is 13.8. The third kappa shape index (κ3) is 5.73. The number of carbonyl (C=O) groups excluding carboxylic acids is 1. The largest absolute Gasteiger partial charge is 0.494 e. The fourth-order valence-electron chi connectivity index (χ4n) is 3.39. The van der Waals surface area contributed by atoms with Gasteiger partial charge in [0.05, 0.1) is 11.5 Å². The van der Waals surface area contributed by atoms with E-state index in [0.29, 0.717) is 50.6 Å². The van der Waals surface area contributed by atoms with Crippen LogP contribution in [-0.4, -0.2) is 45.7 Å². The van der Waals surface area contributed by atoms with Gasteiger partial charge < -0.3 is 14.4 Å². The van der Waals surface area contributed by atoms with Crippen LogP contribution >= 0.6 is 0 Å². The number of para-hydroxylation sites is 1. The Balaban J connectivity index is 1.49. The Morgan fingerprint density at radius 1 is 1.13 bits per heavy atom.